The van der Waals surface area contributed by atoms with Crippen LogP contribution in [0.1, 0.15) is 49.2 Å². The number of amides is 1. The Hall–Kier alpha value is -1.86. The summed E-state index contributed by atoms with van der Waals surface area (Å²) in [6, 6.07) is 3.52. The molecule has 0 aliphatic rings. The third-order valence-corrected chi connectivity index (χ3v) is 2.68. The molecule has 102 valence electrons. The first-order valence-corrected chi connectivity index (χ1v) is 6.54. The Morgan fingerprint density at radius 3 is 2.89 bits per heavy atom. The Bertz CT molecular complexity index is 457. The van der Waals surface area contributed by atoms with Gasteiger partial charge in [-0.05, 0) is 25.5 Å². The first kappa shape index (κ1) is 15.2. The summed E-state index contributed by atoms with van der Waals surface area (Å²) in [6.07, 6.45) is 4.73. The van der Waals surface area contributed by atoms with Crippen molar-refractivity contribution in [2.45, 2.75) is 39.2 Å². The third kappa shape index (κ3) is 5.54. The van der Waals surface area contributed by atoms with Gasteiger partial charge < -0.3 is 10.4 Å². The molecule has 2 N–H and O–H groups in total. The molecule has 1 atom stereocenters. The number of hydrogen-bond donors (Lipinski definition) is 2. The fourth-order valence-corrected chi connectivity index (χ4v) is 1.62. The number of aromatic nitrogens is 1. The molecule has 0 fully saturated rings. The highest BCUT2D eigenvalue weighted by Gasteiger charge is 2.10. The van der Waals surface area contributed by atoms with E-state index in [2.05, 4.69) is 29.1 Å². The lowest BCUT2D eigenvalue weighted by molar-refractivity contribution is 0.0933. The van der Waals surface area contributed by atoms with E-state index < -0.39 is 0 Å². The Morgan fingerprint density at radius 1 is 1.53 bits per heavy atom. The minimum absolute atomic E-state index is 0.156. The molecular weight excluding hydrogens is 240 g/mol. The van der Waals surface area contributed by atoms with Crippen LogP contribution in [0.5, 0.6) is 0 Å². The molecule has 0 bridgehead atoms. The van der Waals surface area contributed by atoms with E-state index in [0.717, 1.165) is 19.3 Å². The quantitative estimate of drug-likeness (QED) is 0.793. The van der Waals surface area contributed by atoms with Crippen molar-refractivity contribution in [3.63, 3.8) is 0 Å². The van der Waals surface area contributed by atoms with Gasteiger partial charge in [0.15, 0.2) is 0 Å². The van der Waals surface area contributed by atoms with Crippen LogP contribution in [0.3, 0.4) is 0 Å². The normalized spacial score (nSPS) is 11.3. The van der Waals surface area contributed by atoms with E-state index in [-0.39, 0.29) is 18.6 Å². The summed E-state index contributed by atoms with van der Waals surface area (Å²) in [5, 5.41) is 11.5. The lowest BCUT2D eigenvalue weighted by Gasteiger charge is -2.12. The van der Waals surface area contributed by atoms with Crippen LogP contribution < -0.4 is 5.32 Å². The van der Waals surface area contributed by atoms with Crippen molar-refractivity contribution >= 4 is 5.91 Å². The number of nitrogens with one attached hydrogen (secondary N) is 1. The average molecular weight is 260 g/mol. The predicted molar refractivity (Wildman–Crippen MR) is 74.7 cm³/mol. The number of nitrogens with zero attached hydrogens (tertiary/aromatic N) is 1. The number of aliphatic hydroxyl groups is 1. The van der Waals surface area contributed by atoms with Gasteiger partial charge in [-0.25, -0.2) is 4.98 Å². The van der Waals surface area contributed by atoms with Crippen molar-refractivity contribution in [3.8, 4) is 11.8 Å². The number of carbonyl (C=O) groups excluding carboxylic acids is 1. The summed E-state index contributed by atoms with van der Waals surface area (Å²) in [4.78, 5) is 16.0. The number of hydrogen-bond acceptors (Lipinski definition) is 3. The number of rotatable bonds is 5. The predicted octanol–water partition coefficient (Wildman–Crippen LogP) is 1.73. The van der Waals surface area contributed by atoms with Gasteiger partial charge in [0, 0.05) is 17.8 Å². The highest BCUT2D eigenvalue weighted by atomic mass is 16.2. The van der Waals surface area contributed by atoms with Crippen molar-refractivity contribution < 1.29 is 9.90 Å². The second-order valence-electron chi connectivity index (χ2n) is 4.41. The van der Waals surface area contributed by atoms with Crippen molar-refractivity contribution in [1.82, 2.24) is 10.3 Å². The smallest absolute Gasteiger partial charge is 0.270 e. The fraction of sp³-hybridized carbons (Fsp3) is 0.467. The van der Waals surface area contributed by atoms with E-state index in [0.29, 0.717) is 11.3 Å². The van der Waals surface area contributed by atoms with Gasteiger partial charge in [-0.1, -0.05) is 31.6 Å². The van der Waals surface area contributed by atoms with Gasteiger partial charge in [0.2, 0.25) is 0 Å². The molecule has 0 spiro atoms. The van der Waals surface area contributed by atoms with E-state index in [1.165, 1.54) is 6.20 Å². The van der Waals surface area contributed by atoms with Crippen molar-refractivity contribution in [2.24, 2.45) is 0 Å². The van der Waals surface area contributed by atoms with Crippen molar-refractivity contribution in [2.75, 3.05) is 6.61 Å². The van der Waals surface area contributed by atoms with E-state index >= 15 is 0 Å². The molecule has 1 rings (SSSR count). The van der Waals surface area contributed by atoms with Crippen LogP contribution in [0, 0.1) is 11.8 Å². The van der Waals surface area contributed by atoms with E-state index in [1.54, 1.807) is 12.1 Å². The molecular formula is C15H20N2O2. The average Bonchev–Trinajstić information content (AvgIpc) is 2.43. The zero-order chi connectivity index (χ0) is 14.1. The summed E-state index contributed by atoms with van der Waals surface area (Å²) in [5.41, 5.74) is 1.07. The Labute approximate surface area is 114 Å². The standard InChI is InChI=1S/C15H20N2O2/c1-3-4-6-12(2)17-15(19)14-9-8-13(11-16-14)7-5-10-18/h8-9,11-12,18H,3-4,6,10H2,1-2H3,(H,17,19). The maximum Gasteiger partial charge on any atom is 0.270 e. The zero-order valence-corrected chi connectivity index (χ0v) is 11.4. The molecule has 0 saturated heterocycles. The molecule has 1 heterocycles. The van der Waals surface area contributed by atoms with Gasteiger partial charge >= 0.3 is 0 Å². The van der Waals surface area contributed by atoms with Crippen LogP contribution >= 0.6 is 0 Å². The highest BCUT2D eigenvalue weighted by molar-refractivity contribution is 5.92. The second-order valence-corrected chi connectivity index (χ2v) is 4.41. The molecule has 1 aromatic rings. The van der Waals surface area contributed by atoms with Crippen LogP contribution in [0.4, 0.5) is 0 Å². The number of unbranched alkanes of at least 4 members (excludes halogenated alkanes) is 1. The van der Waals surface area contributed by atoms with Gasteiger partial charge in [0.25, 0.3) is 5.91 Å². The Kier molecular flexibility index (Phi) is 6.62. The van der Waals surface area contributed by atoms with Gasteiger partial charge in [-0.15, -0.1) is 0 Å². The van der Waals surface area contributed by atoms with Gasteiger partial charge in [0.1, 0.15) is 12.3 Å². The molecule has 1 aromatic heterocycles. The van der Waals surface area contributed by atoms with Gasteiger partial charge in [0.05, 0.1) is 0 Å². The zero-order valence-electron chi connectivity index (χ0n) is 11.4. The molecule has 19 heavy (non-hydrogen) atoms. The molecule has 0 aliphatic carbocycles. The van der Waals surface area contributed by atoms with Crippen LogP contribution in [0.25, 0.3) is 0 Å². The largest absolute Gasteiger partial charge is 0.384 e. The topological polar surface area (TPSA) is 62.2 Å². The molecule has 0 radical (unpaired) electrons. The number of aliphatic hydroxyl groups excluding tert-OH is 1. The van der Waals surface area contributed by atoms with Crippen LogP contribution in [-0.2, 0) is 0 Å². The maximum absolute atomic E-state index is 11.9. The summed E-state index contributed by atoms with van der Waals surface area (Å²) in [6.45, 7) is 3.94. The Morgan fingerprint density at radius 2 is 2.32 bits per heavy atom. The van der Waals surface area contributed by atoms with Crippen LogP contribution in [-0.4, -0.2) is 28.6 Å². The molecule has 4 heteroatoms. The lowest BCUT2D eigenvalue weighted by Crippen LogP contribution is -2.33. The summed E-state index contributed by atoms with van der Waals surface area (Å²) < 4.78 is 0. The van der Waals surface area contributed by atoms with Gasteiger partial charge in [-0.2, -0.15) is 0 Å². The summed E-state index contributed by atoms with van der Waals surface area (Å²) in [5.74, 6) is 5.11. The molecule has 1 amide bonds. The van der Waals surface area contributed by atoms with E-state index in [1.807, 2.05) is 6.92 Å². The lowest BCUT2D eigenvalue weighted by atomic mass is 10.1. The van der Waals surface area contributed by atoms with Crippen LogP contribution in [0.15, 0.2) is 18.3 Å². The maximum atomic E-state index is 11.9. The monoisotopic (exact) mass is 260 g/mol. The third-order valence-electron chi connectivity index (χ3n) is 2.68. The van der Waals surface area contributed by atoms with E-state index in [4.69, 9.17) is 5.11 Å². The number of pyridine rings is 1. The summed E-state index contributed by atoms with van der Waals surface area (Å²) in [7, 11) is 0. The fourth-order valence-electron chi connectivity index (χ4n) is 1.62. The molecule has 1 unspecified atom stereocenters. The SMILES string of the molecule is CCCCC(C)NC(=O)c1ccc(C#CCO)cn1. The van der Waals surface area contributed by atoms with E-state index in [9.17, 15) is 4.79 Å². The first-order chi connectivity index (χ1) is 9.17. The Balaban J connectivity index is 2.57. The summed E-state index contributed by atoms with van der Waals surface area (Å²) >= 11 is 0. The minimum Gasteiger partial charge on any atom is -0.384 e. The second kappa shape index (κ2) is 8.28. The molecule has 0 aliphatic heterocycles. The van der Waals surface area contributed by atoms with Crippen molar-refractivity contribution in [3.05, 3.63) is 29.6 Å². The highest BCUT2D eigenvalue weighted by Crippen LogP contribution is 2.03. The molecule has 4 nitrogen and oxygen atoms in total. The van der Waals surface area contributed by atoms with Crippen molar-refractivity contribution in [1.29, 1.82) is 0 Å². The molecule has 0 saturated carbocycles. The minimum atomic E-state index is -0.183. The number of carbonyl (C=O) groups is 1. The van der Waals surface area contributed by atoms with Crippen LogP contribution in [0.2, 0.25) is 0 Å². The van der Waals surface area contributed by atoms with Gasteiger partial charge in [-0.3, -0.25) is 4.79 Å². The molecule has 0 aromatic carbocycles. The first-order valence-electron chi connectivity index (χ1n) is 6.54.